The molecule has 0 atom stereocenters. The van der Waals surface area contributed by atoms with Gasteiger partial charge in [-0.1, -0.05) is 35.3 Å². The van der Waals surface area contributed by atoms with Crippen molar-refractivity contribution < 1.29 is 18.0 Å². The third-order valence-corrected chi connectivity index (χ3v) is 3.43. The molecule has 0 spiro atoms. The first-order valence-electron chi connectivity index (χ1n) is 6.20. The van der Waals surface area contributed by atoms with Crippen LogP contribution in [-0.2, 0) is 17.5 Å². The lowest BCUT2D eigenvalue weighted by molar-refractivity contribution is -0.138. The molecule has 0 bridgehead atoms. The second-order valence-corrected chi connectivity index (χ2v) is 5.35. The van der Waals surface area contributed by atoms with Crippen molar-refractivity contribution in [2.75, 3.05) is 5.32 Å². The van der Waals surface area contributed by atoms with Crippen LogP contribution in [0.15, 0.2) is 41.3 Å². The Morgan fingerprint density at radius 1 is 1.17 bits per heavy atom. The summed E-state index contributed by atoms with van der Waals surface area (Å²) in [6.07, 6.45) is -4.14. The van der Waals surface area contributed by atoms with Crippen molar-refractivity contribution in [3.8, 4) is 0 Å². The summed E-state index contributed by atoms with van der Waals surface area (Å²) in [5, 5.41) is 2.05. The summed E-state index contributed by atoms with van der Waals surface area (Å²) >= 11 is 11.4. The molecule has 0 fully saturated rings. The number of nitrogens with one attached hydrogen (secondary N) is 1. The minimum Gasteiger partial charge on any atom is -0.323 e. The zero-order chi connectivity index (χ0) is 17.2. The van der Waals surface area contributed by atoms with E-state index in [9.17, 15) is 22.8 Å². The highest BCUT2D eigenvalue weighted by Gasteiger charge is 2.32. The molecule has 0 aliphatic heterocycles. The Bertz CT molecular complexity index is 803. The molecule has 0 aliphatic carbocycles. The minimum atomic E-state index is -4.68. The maximum atomic E-state index is 12.7. The van der Waals surface area contributed by atoms with Gasteiger partial charge in [-0.3, -0.25) is 9.59 Å². The first kappa shape index (κ1) is 17.4. The Hall–Kier alpha value is -1.99. The van der Waals surface area contributed by atoms with Crippen LogP contribution in [0.1, 0.15) is 5.56 Å². The van der Waals surface area contributed by atoms with Gasteiger partial charge in [0, 0.05) is 6.20 Å². The summed E-state index contributed by atoms with van der Waals surface area (Å²) in [6.45, 7) is -0.631. The fourth-order valence-electron chi connectivity index (χ4n) is 1.78. The van der Waals surface area contributed by atoms with E-state index in [4.69, 9.17) is 23.2 Å². The maximum Gasteiger partial charge on any atom is 0.417 e. The van der Waals surface area contributed by atoms with E-state index in [1.54, 1.807) is 12.1 Å². The first-order chi connectivity index (χ1) is 10.7. The number of carbonyl (C=O) groups excluding carboxylic acids is 1. The largest absolute Gasteiger partial charge is 0.417 e. The van der Waals surface area contributed by atoms with Crippen molar-refractivity contribution in [2.24, 2.45) is 0 Å². The fourth-order valence-corrected chi connectivity index (χ4v) is 2.19. The number of aromatic nitrogens is 1. The summed E-state index contributed by atoms with van der Waals surface area (Å²) in [5.74, 6) is -0.712. The molecule has 23 heavy (non-hydrogen) atoms. The summed E-state index contributed by atoms with van der Waals surface area (Å²) in [4.78, 5) is 23.7. The predicted molar refractivity (Wildman–Crippen MR) is 80.8 cm³/mol. The molecular weight excluding hydrogens is 356 g/mol. The molecule has 4 nitrogen and oxygen atoms in total. The van der Waals surface area contributed by atoms with Gasteiger partial charge < -0.3 is 9.88 Å². The molecule has 0 unspecified atom stereocenters. The number of para-hydroxylation sites is 1. The molecule has 2 rings (SSSR count). The van der Waals surface area contributed by atoms with Crippen LogP contribution in [0, 0.1) is 0 Å². The lowest BCUT2D eigenvalue weighted by Crippen LogP contribution is -2.29. The van der Waals surface area contributed by atoms with E-state index < -0.39 is 34.8 Å². The summed E-state index contributed by atoms with van der Waals surface area (Å²) in [5.41, 5.74) is -1.73. The predicted octanol–water partition coefficient (Wildman–Crippen LogP) is 3.81. The maximum absolute atomic E-state index is 12.7. The van der Waals surface area contributed by atoms with Gasteiger partial charge in [0.15, 0.2) is 0 Å². The monoisotopic (exact) mass is 364 g/mol. The van der Waals surface area contributed by atoms with E-state index in [0.717, 1.165) is 0 Å². The van der Waals surface area contributed by atoms with E-state index in [-0.39, 0.29) is 10.7 Å². The van der Waals surface area contributed by atoms with Crippen molar-refractivity contribution in [1.82, 2.24) is 4.57 Å². The third-order valence-electron chi connectivity index (χ3n) is 2.83. The van der Waals surface area contributed by atoms with Crippen LogP contribution in [0.5, 0.6) is 0 Å². The zero-order valence-corrected chi connectivity index (χ0v) is 12.8. The number of rotatable bonds is 3. The number of benzene rings is 1. The molecule has 0 radical (unpaired) electrons. The number of pyridine rings is 1. The van der Waals surface area contributed by atoms with Gasteiger partial charge in [-0.05, 0) is 18.2 Å². The number of hydrogen-bond acceptors (Lipinski definition) is 2. The Morgan fingerprint density at radius 3 is 2.43 bits per heavy atom. The highest BCUT2D eigenvalue weighted by atomic mass is 35.5. The Labute approximate surface area is 138 Å². The summed E-state index contributed by atoms with van der Waals surface area (Å²) in [7, 11) is 0. The number of nitrogens with zero attached hydrogens (tertiary/aromatic N) is 1. The van der Waals surface area contributed by atoms with Gasteiger partial charge in [0.05, 0.1) is 16.3 Å². The molecule has 1 aromatic carbocycles. The van der Waals surface area contributed by atoms with Gasteiger partial charge in [0.25, 0.3) is 5.56 Å². The van der Waals surface area contributed by atoms with Gasteiger partial charge in [0.2, 0.25) is 5.91 Å². The van der Waals surface area contributed by atoms with E-state index in [0.29, 0.717) is 16.8 Å². The molecule has 1 heterocycles. The fraction of sp³-hybridized carbons (Fsp3) is 0.143. The normalized spacial score (nSPS) is 11.3. The number of carbonyl (C=O) groups is 1. The highest BCUT2D eigenvalue weighted by Crippen LogP contribution is 2.29. The number of alkyl halides is 3. The average Bonchev–Trinajstić information content (AvgIpc) is 2.45. The molecule has 1 N–H and O–H groups in total. The number of anilines is 1. The highest BCUT2D eigenvalue weighted by molar-refractivity contribution is 6.33. The number of halogens is 5. The summed E-state index contributed by atoms with van der Waals surface area (Å²) in [6, 6.07) is 6.84. The lowest BCUT2D eigenvalue weighted by Gasteiger charge is -2.12. The van der Waals surface area contributed by atoms with Crippen LogP contribution in [0.4, 0.5) is 18.9 Å². The van der Waals surface area contributed by atoms with Crippen molar-refractivity contribution in [3.05, 3.63) is 62.5 Å². The Kier molecular flexibility index (Phi) is 5.01. The van der Waals surface area contributed by atoms with E-state index in [1.807, 2.05) is 0 Å². The van der Waals surface area contributed by atoms with Gasteiger partial charge in [-0.25, -0.2) is 0 Å². The molecule has 2 aromatic rings. The average molecular weight is 365 g/mol. The van der Waals surface area contributed by atoms with Crippen LogP contribution >= 0.6 is 23.2 Å². The van der Waals surface area contributed by atoms with Crippen molar-refractivity contribution >= 4 is 34.8 Å². The molecular formula is C14H9Cl2F3N2O2. The Balaban J connectivity index is 2.26. The third kappa shape index (κ3) is 4.27. The van der Waals surface area contributed by atoms with Crippen LogP contribution in [0.25, 0.3) is 0 Å². The molecule has 1 amide bonds. The van der Waals surface area contributed by atoms with Crippen LogP contribution < -0.4 is 10.9 Å². The molecule has 1 aromatic heterocycles. The van der Waals surface area contributed by atoms with Crippen molar-refractivity contribution in [3.63, 3.8) is 0 Å². The van der Waals surface area contributed by atoms with Gasteiger partial charge >= 0.3 is 6.18 Å². The second kappa shape index (κ2) is 6.64. The SMILES string of the molecule is O=C(Cn1cc(C(F)(F)F)cc(Cl)c1=O)Nc1ccccc1Cl. The number of hydrogen-bond donors (Lipinski definition) is 1. The van der Waals surface area contributed by atoms with Crippen molar-refractivity contribution in [2.45, 2.75) is 12.7 Å². The Morgan fingerprint density at radius 2 is 1.83 bits per heavy atom. The molecule has 0 saturated heterocycles. The first-order valence-corrected chi connectivity index (χ1v) is 6.95. The quantitative estimate of drug-likeness (QED) is 0.899. The van der Waals surface area contributed by atoms with E-state index in [1.165, 1.54) is 12.1 Å². The lowest BCUT2D eigenvalue weighted by atomic mass is 10.2. The second-order valence-electron chi connectivity index (χ2n) is 4.54. The smallest absolute Gasteiger partial charge is 0.323 e. The van der Waals surface area contributed by atoms with Crippen molar-refractivity contribution in [1.29, 1.82) is 0 Å². The van der Waals surface area contributed by atoms with Gasteiger partial charge in [-0.15, -0.1) is 0 Å². The van der Waals surface area contributed by atoms with E-state index >= 15 is 0 Å². The van der Waals surface area contributed by atoms with Crippen LogP contribution in [-0.4, -0.2) is 10.5 Å². The number of amides is 1. The van der Waals surface area contributed by atoms with Crippen LogP contribution in [0.3, 0.4) is 0 Å². The zero-order valence-electron chi connectivity index (χ0n) is 11.3. The van der Waals surface area contributed by atoms with Gasteiger partial charge in [-0.2, -0.15) is 13.2 Å². The van der Waals surface area contributed by atoms with Gasteiger partial charge in [0.1, 0.15) is 11.6 Å². The molecule has 0 aliphatic rings. The molecule has 122 valence electrons. The summed E-state index contributed by atoms with van der Waals surface area (Å²) < 4.78 is 38.8. The molecule has 9 heteroatoms. The topological polar surface area (TPSA) is 51.1 Å². The standard InChI is InChI=1S/C14H9Cl2F3N2O2/c15-9-3-1-2-4-11(9)20-12(22)7-21-6-8(14(17,18)19)5-10(16)13(21)23/h1-6H,7H2,(H,20,22). The van der Waals surface area contributed by atoms with Crippen LogP contribution in [0.2, 0.25) is 10.0 Å². The van der Waals surface area contributed by atoms with E-state index in [2.05, 4.69) is 5.32 Å². The minimum absolute atomic E-state index is 0.260. The molecule has 0 saturated carbocycles.